The minimum Gasteiger partial charge on any atom is -0.327 e. The van der Waals surface area contributed by atoms with E-state index in [9.17, 15) is 12.8 Å². The molecule has 0 unspecified atom stereocenters. The van der Waals surface area contributed by atoms with Gasteiger partial charge in [0, 0.05) is 26.2 Å². The number of aryl methyl sites for hydroxylation is 1. The summed E-state index contributed by atoms with van der Waals surface area (Å²) in [7, 11) is -0.489. The predicted molar refractivity (Wildman–Crippen MR) is 109 cm³/mol. The van der Waals surface area contributed by atoms with Crippen molar-refractivity contribution in [2.24, 2.45) is 5.73 Å². The Kier molecular flexibility index (Phi) is 5.64. The molecule has 1 heterocycles. The molecular formula is C20H23FN4O2S. The summed E-state index contributed by atoms with van der Waals surface area (Å²) in [6, 6.07) is 12.4. The Morgan fingerprint density at radius 2 is 1.89 bits per heavy atom. The van der Waals surface area contributed by atoms with Crippen LogP contribution in [0.25, 0.3) is 22.2 Å². The summed E-state index contributed by atoms with van der Waals surface area (Å²) < 4.78 is 41.5. The summed E-state index contributed by atoms with van der Waals surface area (Å²) in [4.78, 5) is 4.84. The van der Waals surface area contributed by atoms with Crippen molar-refractivity contribution in [3.05, 3.63) is 60.2 Å². The van der Waals surface area contributed by atoms with Crippen LogP contribution in [0.1, 0.15) is 5.82 Å². The van der Waals surface area contributed by atoms with Gasteiger partial charge in [0.1, 0.15) is 11.7 Å². The van der Waals surface area contributed by atoms with Gasteiger partial charge in [-0.25, -0.2) is 22.1 Å². The van der Waals surface area contributed by atoms with Crippen LogP contribution in [-0.2, 0) is 16.6 Å². The van der Waals surface area contributed by atoms with Crippen molar-refractivity contribution in [3.63, 3.8) is 0 Å². The second kappa shape index (κ2) is 7.83. The first-order chi connectivity index (χ1) is 13.3. The Bertz CT molecular complexity index is 1130. The largest absolute Gasteiger partial charge is 0.327 e. The molecule has 0 saturated heterocycles. The minimum atomic E-state index is -3.48. The lowest BCUT2D eigenvalue weighted by Gasteiger charge is -2.12. The third-order valence-corrected chi connectivity index (χ3v) is 6.39. The lowest BCUT2D eigenvalue weighted by Crippen LogP contribution is -2.22. The second-order valence-corrected chi connectivity index (χ2v) is 8.77. The van der Waals surface area contributed by atoms with E-state index in [0.29, 0.717) is 5.82 Å². The number of hydrogen-bond donors (Lipinski definition) is 1. The number of fused-ring (bicyclic) bond motifs is 1. The van der Waals surface area contributed by atoms with Crippen LogP contribution in [0.4, 0.5) is 4.39 Å². The molecule has 0 aliphatic carbocycles. The molecule has 28 heavy (non-hydrogen) atoms. The topological polar surface area (TPSA) is 81.2 Å². The molecule has 0 aliphatic rings. The third-order valence-electron chi connectivity index (χ3n) is 4.56. The average Bonchev–Trinajstić information content (AvgIpc) is 2.97. The number of nitrogens with two attached hydrogens (primary N) is 1. The summed E-state index contributed by atoms with van der Waals surface area (Å²) in [5.41, 5.74) is 8.63. The summed E-state index contributed by atoms with van der Waals surface area (Å²) in [5, 5.41) is 0. The number of imidazole rings is 1. The SMILES string of the molecule is Cc1nc2c(-c3ccc(S(=O)(=O)N(C)C)cc3)cccc2n1C/C(F)=C/CN. The summed E-state index contributed by atoms with van der Waals surface area (Å²) in [6.45, 7) is 2.04. The molecule has 0 amide bonds. The van der Waals surface area contributed by atoms with E-state index in [2.05, 4.69) is 4.98 Å². The zero-order chi connectivity index (χ0) is 20.5. The predicted octanol–water partition coefficient (Wildman–Crippen LogP) is 3.07. The quantitative estimate of drug-likeness (QED) is 0.687. The van der Waals surface area contributed by atoms with Gasteiger partial charge in [-0.15, -0.1) is 0 Å². The van der Waals surface area contributed by atoms with E-state index in [1.54, 1.807) is 28.8 Å². The number of rotatable bonds is 6. The number of sulfonamides is 1. The van der Waals surface area contributed by atoms with E-state index in [1.807, 2.05) is 25.1 Å². The van der Waals surface area contributed by atoms with Crippen LogP contribution in [-0.4, -0.2) is 42.9 Å². The van der Waals surface area contributed by atoms with Gasteiger partial charge in [0.2, 0.25) is 10.0 Å². The zero-order valence-corrected chi connectivity index (χ0v) is 16.9. The van der Waals surface area contributed by atoms with E-state index in [1.165, 1.54) is 24.5 Å². The number of halogens is 1. The Balaban J connectivity index is 2.06. The number of allylic oxidation sites excluding steroid dienone is 1. The minimum absolute atomic E-state index is 0.0724. The summed E-state index contributed by atoms with van der Waals surface area (Å²) in [6.07, 6.45) is 1.35. The van der Waals surface area contributed by atoms with E-state index < -0.39 is 10.0 Å². The highest BCUT2D eigenvalue weighted by Gasteiger charge is 2.18. The molecular weight excluding hydrogens is 379 g/mol. The van der Waals surface area contributed by atoms with Gasteiger partial charge in [-0.2, -0.15) is 0 Å². The van der Waals surface area contributed by atoms with Gasteiger partial charge in [-0.1, -0.05) is 24.3 Å². The van der Waals surface area contributed by atoms with Gasteiger partial charge in [-0.05, 0) is 36.8 Å². The van der Waals surface area contributed by atoms with E-state index in [0.717, 1.165) is 22.2 Å². The van der Waals surface area contributed by atoms with Crippen molar-refractivity contribution in [3.8, 4) is 11.1 Å². The number of para-hydroxylation sites is 1. The molecule has 1 aromatic heterocycles. The molecule has 0 saturated carbocycles. The van der Waals surface area contributed by atoms with Crippen LogP contribution < -0.4 is 5.73 Å². The maximum atomic E-state index is 14.0. The highest BCUT2D eigenvalue weighted by Crippen LogP contribution is 2.30. The lowest BCUT2D eigenvalue weighted by molar-refractivity contribution is 0.521. The van der Waals surface area contributed by atoms with Gasteiger partial charge in [-0.3, -0.25) is 0 Å². The number of nitrogens with zero attached hydrogens (tertiary/aromatic N) is 3. The Hall–Kier alpha value is -2.55. The standard InChI is InChI=1S/C20H23FN4O2S/c1-14-23-20-18(5-4-6-19(20)25(14)13-16(21)11-12-22)15-7-9-17(10-8-15)28(26,27)24(2)3/h4-11H,12-13,22H2,1-3H3/b16-11-. The number of aromatic nitrogens is 2. The molecule has 2 N–H and O–H groups in total. The fourth-order valence-corrected chi connectivity index (χ4v) is 3.96. The maximum Gasteiger partial charge on any atom is 0.242 e. The van der Waals surface area contributed by atoms with Crippen LogP contribution >= 0.6 is 0 Å². The highest BCUT2D eigenvalue weighted by molar-refractivity contribution is 7.89. The molecule has 0 bridgehead atoms. The lowest BCUT2D eigenvalue weighted by atomic mass is 10.0. The van der Waals surface area contributed by atoms with Crippen molar-refractivity contribution in [1.82, 2.24) is 13.9 Å². The average molecular weight is 402 g/mol. The van der Waals surface area contributed by atoms with Crippen LogP contribution in [0.15, 0.2) is 59.3 Å². The van der Waals surface area contributed by atoms with Crippen molar-refractivity contribution in [1.29, 1.82) is 0 Å². The molecule has 3 aromatic rings. The Morgan fingerprint density at radius 1 is 1.21 bits per heavy atom. The Morgan fingerprint density at radius 3 is 2.50 bits per heavy atom. The zero-order valence-electron chi connectivity index (χ0n) is 16.1. The molecule has 0 atom stereocenters. The number of benzene rings is 2. The molecule has 6 nitrogen and oxygen atoms in total. The van der Waals surface area contributed by atoms with Gasteiger partial charge in [0.05, 0.1) is 22.5 Å². The molecule has 3 rings (SSSR count). The summed E-state index contributed by atoms with van der Waals surface area (Å²) in [5.74, 6) is 0.378. The highest BCUT2D eigenvalue weighted by atomic mass is 32.2. The second-order valence-electron chi connectivity index (χ2n) is 6.62. The molecule has 0 spiro atoms. The fourth-order valence-electron chi connectivity index (χ4n) is 3.06. The molecule has 0 aliphatic heterocycles. The van der Waals surface area contributed by atoms with Crippen molar-refractivity contribution in [2.75, 3.05) is 20.6 Å². The fraction of sp³-hybridized carbons (Fsp3) is 0.250. The van der Waals surface area contributed by atoms with Gasteiger partial charge >= 0.3 is 0 Å². The first-order valence-electron chi connectivity index (χ1n) is 8.79. The normalized spacial score (nSPS) is 12.9. The van der Waals surface area contributed by atoms with Crippen molar-refractivity contribution < 1.29 is 12.8 Å². The molecule has 0 radical (unpaired) electrons. The maximum absolute atomic E-state index is 14.0. The monoisotopic (exact) mass is 402 g/mol. The smallest absolute Gasteiger partial charge is 0.242 e. The molecule has 0 fully saturated rings. The van der Waals surface area contributed by atoms with Crippen LogP contribution in [0.5, 0.6) is 0 Å². The van der Waals surface area contributed by atoms with Gasteiger partial charge in [0.15, 0.2) is 0 Å². The molecule has 2 aromatic carbocycles. The Labute approximate surface area is 164 Å². The number of hydrogen-bond acceptors (Lipinski definition) is 4. The van der Waals surface area contributed by atoms with Crippen LogP contribution in [0.2, 0.25) is 0 Å². The van der Waals surface area contributed by atoms with Gasteiger partial charge in [0.25, 0.3) is 0 Å². The van der Waals surface area contributed by atoms with Crippen molar-refractivity contribution in [2.45, 2.75) is 18.4 Å². The molecule has 8 heteroatoms. The first-order valence-corrected chi connectivity index (χ1v) is 10.2. The first kappa shape index (κ1) is 20.2. The van der Waals surface area contributed by atoms with Gasteiger partial charge < -0.3 is 10.3 Å². The van der Waals surface area contributed by atoms with Crippen LogP contribution in [0.3, 0.4) is 0 Å². The van der Waals surface area contributed by atoms with Crippen molar-refractivity contribution >= 4 is 21.1 Å². The van der Waals surface area contributed by atoms with E-state index in [-0.39, 0.29) is 23.8 Å². The van der Waals surface area contributed by atoms with E-state index >= 15 is 0 Å². The van der Waals surface area contributed by atoms with Crippen LogP contribution in [0, 0.1) is 6.92 Å². The third kappa shape index (κ3) is 3.71. The summed E-state index contributed by atoms with van der Waals surface area (Å²) >= 11 is 0. The molecule has 148 valence electrons. The van der Waals surface area contributed by atoms with E-state index in [4.69, 9.17) is 5.73 Å².